The van der Waals surface area contributed by atoms with Gasteiger partial charge in [-0.1, -0.05) is 31.2 Å². The van der Waals surface area contributed by atoms with Crippen LogP contribution in [0.3, 0.4) is 0 Å². The van der Waals surface area contributed by atoms with Crippen molar-refractivity contribution >= 4 is 23.2 Å². The first-order valence-electron chi connectivity index (χ1n) is 11.6. The third-order valence-electron chi connectivity index (χ3n) is 6.33. The molecule has 0 fully saturated rings. The Morgan fingerprint density at radius 1 is 1.18 bits per heavy atom. The van der Waals surface area contributed by atoms with Gasteiger partial charge in [-0.3, -0.25) is 9.59 Å². The highest BCUT2D eigenvalue weighted by atomic mass is 32.1. The van der Waals surface area contributed by atoms with Gasteiger partial charge in [-0.2, -0.15) is 0 Å². The van der Waals surface area contributed by atoms with Crippen molar-refractivity contribution in [1.29, 1.82) is 0 Å². The molecule has 2 atom stereocenters. The Hall–Kier alpha value is -3.19. The number of thiophene rings is 1. The summed E-state index contributed by atoms with van der Waals surface area (Å²) in [6.07, 6.45) is 1.46. The number of rotatable bonds is 8. The molecule has 2 amide bonds. The third-order valence-corrected chi connectivity index (χ3v) is 7.32. The van der Waals surface area contributed by atoms with Crippen LogP contribution in [0.1, 0.15) is 47.1 Å². The highest BCUT2D eigenvalue weighted by molar-refractivity contribution is 7.10. The van der Waals surface area contributed by atoms with Crippen LogP contribution in [0.25, 0.3) is 0 Å². The number of nitrogens with zero attached hydrogens (tertiary/aromatic N) is 2. The average molecular weight is 481 g/mol. The molecule has 0 saturated heterocycles. The molecule has 2 aromatic carbocycles. The van der Waals surface area contributed by atoms with Crippen LogP contribution in [0.5, 0.6) is 5.75 Å². The molecule has 178 valence electrons. The predicted octanol–water partition coefficient (Wildman–Crippen LogP) is 5.33. The van der Waals surface area contributed by atoms with Gasteiger partial charge in [0.1, 0.15) is 24.7 Å². The number of hydrogen-bond donors (Lipinski definition) is 0. The molecule has 0 bridgehead atoms. The molecule has 5 nitrogen and oxygen atoms in total. The molecule has 34 heavy (non-hydrogen) atoms. The minimum absolute atomic E-state index is 0.0638. The largest absolute Gasteiger partial charge is 0.491 e. The van der Waals surface area contributed by atoms with Gasteiger partial charge in [-0.05, 0) is 67.1 Å². The SMILES string of the molecule is CC[C@@H](C)N(CC(=O)N1CCc2sccc2[C@@H]1COc1ccccc1)C(=O)c1cccc(F)c1. The van der Waals surface area contributed by atoms with E-state index in [1.54, 1.807) is 22.3 Å². The molecule has 4 rings (SSSR count). The Morgan fingerprint density at radius 2 is 1.97 bits per heavy atom. The molecule has 0 aliphatic carbocycles. The zero-order valence-corrected chi connectivity index (χ0v) is 20.3. The number of carbonyl (C=O) groups is 2. The molecular weight excluding hydrogens is 451 g/mol. The van der Waals surface area contributed by atoms with Crippen LogP contribution in [-0.4, -0.2) is 47.4 Å². The fourth-order valence-electron chi connectivity index (χ4n) is 4.24. The highest BCUT2D eigenvalue weighted by Gasteiger charge is 2.34. The van der Waals surface area contributed by atoms with Gasteiger partial charge in [0.15, 0.2) is 0 Å². The van der Waals surface area contributed by atoms with Gasteiger partial charge in [-0.15, -0.1) is 11.3 Å². The van der Waals surface area contributed by atoms with E-state index in [0.717, 1.165) is 17.7 Å². The van der Waals surface area contributed by atoms with Crippen molar-refractivity contribution in [3.63, 3.8) is 0 Å². The first-order valence-corrected chi connectivity index (χ1v) is 12.5. The summed E-state index contributed by atoms with van der Waals surface area (Å²) in [6.45, 7) is 4.72. The van der Waals surface area contributed by atoms with E-state index in [-0.39, 0.29) is 36.0 Å². The van der Waals surface area contributed by atoms with Crippen molar-refractivity contribution in [1.82, 2.24) is 9.80 Å². The lowest BCUT2D eigenvalue weighted by Gasteiger charge is -2.38. The van der Waals surface area contributed by atoms with E-state index in [1.165, 1.54) is 23.1 Å². The van der Waals surface area contributed by atoms with Gasteiger partial charge in [-0.25, -0.2) is 4.39 Å². The maximum Gasteiger partial charge on any atom is 0.254 e. The van der Waals surface area contributed by atoms with Crippen LogP contribution < -0.4 is 4.74 Å². The topological polar surface area (TPSA) is 49.9 Å². The molecule has 0 radical (unpaired) electrons. The Balaban J connectivity index is 1.55. The summed E-state index contributed by atoms with van der Waals surface area (Å²) in [5.74, 6) is -0.198. The summed E-state index contributed by atoms with van der Waals surface area (Å²) in [4.78, 5) is 31.5. The van der Waals surface area contributed by atoms with Crippen molar-refractivity contribution in [2.75, 3.05) is 19.7 Å². The van der Waals surface area contributed by atoms with Crippen LogP contribution in [0.15, 0.2) is 66.0 Å². The van der Waals surface area contributed by atoms with E-state index >= 15 is 0 Å². The number of fused-ring (bicyclic) bond motifs is 1. The summed E-state index contributed by atoms with van der Waals surface area (Å²) >= 11 is 1.70. The standard InChI is InChI=1S/C27H29FN2O3S/c1-3-19(2)30(27(32)20-8-7-9-21(28)16-20)17-26(31)29-14-12-25-23(13-15-34-25)24(29)18-33-22-10-5-4-6-11-22/h4-11,13,15-16,19,24H,3,12,14,17-18H2,1-2H3/t19-,24+/m1/s1. The average Bonchev–Trinajstić information content (AvgIpc) is 3.34. The Bertz CT molecular complexity index is 1130. The van der Waals surface area contributed by atoms with Gasteiger partial charge >= 0.3 is 0 Å². The van der Waals surface area contributed by atoms with E-state index in [9.17, 15) is 14.0 Å². The minimum Gasteiger partial charge on any atom is -0.491 e. The lowest BCUT2D eigenvalue weighted by molar-refractivity contribution is -0.136. The molecule has 0 unspecified atom stereocenters. The van der Waals surface area contributed by atoms with Crippen LogP contribution in [0, 0.1) is 5.82 Å². The van der Waals surface area contributed by atoms with Crippen molar-refractivity contribution < 1.29 is 18.7 Å². The summed E-state index contributed by atoms with van der Waals surface area (Å²) in [6, 6.07) is 16.8. The number of amides is 2. The van der Waals surface area contributed by atoms with Gasteiger partial charge in [0, 0.05) is 23.0 Å². The molecule has 1 aromatic heterocycles. The van der Waals surface area contributed by atoms with E-state index in [4.69, 9.17) is 4.74 Å². The second-order valence-electron chi connectivity index (χ2n) is 8.48. The first kappa shape index (κ1) is 24.0. The molecule has 0 saturated carbocycles. The summed E-state index contributed by atoms with van der Waals surface area (Å²) < 4.78 is 19.8. The Labute approximate surface area is 203 Å². The van der Waals surface area contributed by atoms with Crippen molar-refractivity contribution in [2.24, 2.45) is 0 Å². The van der Waals surface area contributed by atoms with E-state index in [1.807, 2.05) is 54.5 Å². The molecule has 3 aromatic rings. The smallest absolute Gasteiger partial charge is 0.254 e. The van der Waals surface area contributed by atoms with Crippen LogP contribution in [0.4, 0.5) is 4.39 Å². The lowest BCUT2D eigenvalue weighted by Crippen LogP contribution is -2.49. The fraction of sp³-hybridized carbons (Fsp3) is 0.333. The van der Waals surface area contributed by atoms with Crippen LogP contribution in [-0.2, 0) is 11.2 Å². The maximum absolute atomic E-state index is 13.8. The number of hydrogen-bond acceptors (Lipinski definition) is 4. The van der Waals surface area contributed by atoms with E-state index in [0.29, 0.717) is 19.6 Å². The molecule has 0 N–H and O–H groups in total. The lowest BCUT2D eigenvalue weighted by atomic mass is 10.00. The zero-order chi connectivity index (χ0) is 24.1. The number of para-hydroxylation sites is 1. The van der Waals surface area contributed by atoms with Crippen molar-refractivity contribution in [3.05, 3.63) is 87.9 Å². The van der Waals surface area contributed by atoms with Gasteiger partial charge in [0.05, 0.1) is 6.04 Å². The molecule has 0 spiro atoms. The molecule has 7 heteroatoms. The first-order chi connectivity index (χ1) is 16.5. The van der Waals surface area contributed by atoms with Crippen molar-refractivity contribution in [3.8, 4) is 5.75 Å². The molecule has 1 aliphatic heterocycles. The number of carbonyl (C=O) groups excluding carboxylic acids is 2. The molecule has 1 aliphatic rings. The van der Waals surface area contributed by atoms with Crippen molar-refractivity contribution in [2.45, 2.75) is 38.8 Å². The number of benzene rings is 2. The predicted molar refractivity (Wildman–Crippen MR) is 132 cm³/mol. The second-order valence-corrected chi connectivity index (χ2v) is 9.48. The maximum atomic E-state index is 13.8. The summed E-state index contributed by atoms with van der Waals surface area (Å²) in [7, 11) is 0. The van der Waals surface area contributed by atoms with Gasteiger partial charge in [0.25, 0.3) is 5.91 Å². The van der Waals surface area contributed by atoms with Gasteiger partial charge < -0.3 is 14.5 Å². The van der Waals surface area contributed by atoms with Gasteiger partial charge in [0.2, 0.25) is 5.91 Å². The quantitative estimate of drug-likeness (QED) is 0.438. The number of halogens is 1. The monoisotopic (exact) mass is 480 g/mol. The minimum atomic E-state index is -0.472. The van der Waals surface area contributed by atoms with E-state index < -0.39 is 5.82 Å². The van der Waals surface area contributed by atoms with Crippen LogP contribution in [0.2, 0.25) is 0 Å². The van der Waals surface area contributed by atoms with E-state index in [2.05, 4.69) is 6.07 Å². The summed E-state index contributed by atoms with van der Waals surface area (Å²) in [5.41, 5.74) is 1.35. The van der Waals surface area contributed by atoms with Crippen LogP contribution >= 0.6 is 11.3 Å². The molecule has 2 heterocycles. The Kier molecular flexibility index (Phi) is 7.63. The third kappa shape index (κ3) is 5.30. The Morgan fingerprint density at radius 3 is 2.71 bits per heavy atom. The molecular formula is C27H29FN2O3S. The number of ether oxygens (including phenoxy) is 1. The normalized spacial score (nSPS) is 16.0. The zero-order valence-electron chi connectivity index (χ0n) is 19.4. The highest BCUT2D eigenvalue weighted by Crippen LogP contribution is 2.34. The second kappa shape index (κ2) is 10.8. The summed E-state index contributed by atoms with van der Waals surface area (Å²) in [5, 5.41) is 2.05. The fourth-order valence-corrected chi connectivity index (χ4v) is 5.17.